The van der Waals surface area contributed by atoms with Gasteiger partial charge in [-0.25, -0.2) is 0 Å². The van der Waals surface area contributed by atoms with E-state index in [1.165, 1.54) is 0 Å². The summed E-state index contributed by atoms with van der Waals surface area (Å²) in [6, 6.07) is 8.02. The highest BCUT2D eigenvalue weighted by Crippen LogP contribution is 2.28. The van der Waals surface area contributed by atoms with Gasteiger partial charge in [0, 0.05) is 24.3 Å². The average Bonchev–Trinajstić information content (AvgIpc) is 2.53. The Morgan fingerprint density at radius 3 is 3.14 bits per heavy atom. The van der Waals surface area contributed by atoms with Gasteiger partial charge in [0.25, 0.3) is 0 Å². The lowest BCUT2D eigenvalue weighted by Gasteiger charge is -2.33. The molecule has 1 saturated heterocycles. The lowest BCUT2D eigenvalue weighted by Crippen LogP contribution is -2.51. The molecule has 2 aromatic rings. The van der Waals surface area contributed by atoms with Gasteiger partial charge in [-0.15, -0.1) is 0 Å². The van der Waals surface area contributed by atoms with Gasteiger partial charge >= 0.3 is 0 Å². The maximum atomic E-state index is 12.7. The average molecular weight is 283 g/mol. The summed E-state index contributed by atoms with van der Waals surface area (Å²) in [5.41, 5.74) is 0.980. The van der Waals surface area contributed by atoms with Crippen molar-refractivity contribution in [3.8, 4) is 0 Å². The van der Waals surface area contributed by atoms with E-state index in [-0.39, 0.29) is 11.9 Å². The molecule has 0 bridgehead atoms. The number of amides is 1. The molecule has 1 fully saturated rings. The molecule has 1 N–H and O–H groups in total. The first-order valence-corrected chi connectivity index (χ1v) is 7.68. The molecule has 1 unspecified atom stereocenters. The first-order valence-electron chi connectivity index (χ1n) is 7.68. The van der Waals surface area contributed by atoms with Gasteiger partial charge < -0.3 is 10.2 Å². The maximum Gasteiger partial charge on any atom is 0.244 e. The normalized spacial score (nSPS) is 19.2. The Bertz CT molecular complexity index is 635. The second-order valence-corrected chi connectivity index (χ2v) is 5.51. The molecule has 0 spiro atoms. The summed E-state index contributed by atoms with van der Waals surface area (Å²) >= 11 is 0. The number of carbonyl (C=O) groups excluding carboxylic acids is 1. The summed E-state index contributed by atoms with van der Waals surface area (Å²) in [5.74, 6) is 0.186. The summed E-state index contributed by atoms with van der Waals surface area (Å²) in [6.07, 6.45) is 6.64. The van der Waals surface area contributed by atoms with E-state index in [4.69, 9.17) is 0 Å². The molecule has 2 heterocycles. The van der Waals surface area contributed by atoms with Crippen LogP contribution >= 0.6 is 0 Å². The van der Waals surface area contributed by atoms with Gasteiger partial charge in [0.05, 0.1) is 11.7 Å². The van der Waals surface area contributed by atoms with Crippen molar-refractivity contribution in [1.82, 2.24) is 10.3 Å². The number of fused-ring (bicyclic) bond motifs is 1. The molecule has 3 rings (SSSR count). The molecular weight excluding hydrogens is 262 g/mol. The van der Waals surface area contributed by atoms with Crippen LogP contribution in [0.2, 0.25) is 0 Å². The number of hydrogen-bond donors (Lipinski definition) is 1. The van der Waals surface area contributed by atoms with Crippen LogP contribution in [0.4, 0.5) is 5.69 Å². The third-order valence-electron chi connectivity index (χ3n) is 4.03. The molecule has 0 radical (unpaired) electrons. The Hall–Kier alpha value is -1.94. The molecule has 0 aliphatic carbocycles. The fourth-order valence-electron chi connectivity index (χ4n) is 2.96. The number of aromatic nitrogens is 1. The molecule has 1 aromatic heterocycles. The molecule has 110 valence electrons. The SMILES string of the molecule is CCCNC1CCCN(c2cccc3ccncc23)C1=O. The van der Waals surface area contributed by atoms with Crippen LogP contribution in [0.5, 0.6) is 0 Å². The van der Waals surface area contributed by atoms with Crippen LogP contribution in [0, 0.1) is 0 Å². The Kier molecular flexibility index (Phi) is 4.15. The van der Waals surface area contributed by atoms with E-state index in [1.807, 2.05) is 29.3 Å². The number of rotatable bonds is 4. The second-order valence-electron chi connectivity index (χ2n) is 5.51. The molecule has 1 atom stereocenters. The minimum absolute atomic E-state index is 0.0503. The van der Waals surface area contributed by atoms with Gasteiger partial charge in [-0.3, -0.25) is 9.78 Å². The summed E-state index contributed by atoms with van der Waals surface area (Å²) in [6.45, 7) is 3.80. The molecule has 1 aromatic carbocycles. The summed E-state index contributed by atoms with van der Waals surface area (Å²) in [4.78, 5) is 18.8. The molecule has 1 amide bonds. The van der Waals surface area contributed by atoms with E-state index in [2.05, 4.69) is 23.3 Å². The van der Waals surface area contributed by atoms with Crippen molar-refractivity contribution < 1.29 is 4.79 Å². The van der Waals surface area contributed by atoms with Crippen LogP contribution < -0.4 is 10.2 Å². The van der Waals surface area contributed by atoms with E-state index in [9.17, 15) is 4.79 Å². The van der Waals surface area contributed by atoms with Crippen molar-refractivity contribution in [2.75, 3.05) is 18.0 Å². The van der Waals surface area contributed by atoms with Crippen molar-refractivity contribution in [2.45, 2.75) is 32.2 Å². The number of nitrogens with zero attached hydrogens (tertiary/aromatic N) is 2. The highest BCUT2D eigenvalue weighted by atomic mass is 16.2. The first kappa shape index (κ1) is 14.0. The van der Waals surface area contributed by atoms with Gasteiger partial charge in [0.15, 0.2) is 0 Å². The van der Waals surface area contributed by atoms with Crippen LogP contribution in [0.15, 0.2) is 36.7 Å². The smallest absolute Gasteiger partial charge is 0.244 e. The first-order chi connectivity index (χ1) is 10.3. The Labute approximate surface area is 125 Å². The van der Waals surface area contributed by atoms with Gasteiger partial charge in [-0.1, -0.05) is 19.1 Å². The maximum absolute atomic E-state index is 12.7. The molecule has 0 saturated carbocycles. The molecule has 1 aliphatic rings. The predicted octanol–water partition coefficient (Wildman–Crippen LogP) is 2.73. The van der Waals surface area contributed by atoms with Crippen molar-refractivity contribution in [3.63, 3.8) is 0 Å². The molecule has 4 heteroatoms. The quantitative estimate of drug-likeness (QED) is 0.938. The molecule has 1 aliphatic heterocycles. The summed E-state index contributed by atoms with van der Waals surface area (Å²) in [5, 5.41) is 5.53. The fraction of sp³-hybridized carbons (Fsp3) is 0.412. The van der Waals surface area contributed by atoms with Gasteiger partial charge in [0.1, 0.15) is 0 Å². The third-order valence-corrected chi connectivity index (χ3v) is 4.03. The van der Waals surface area contributed by atoms with Crippen LogP contribution in [-0.2, 0) is 4.79 Å². The standard InChI is InChI=1S/C17H21N3O/c1-2-9-19-15-6-4-11-20(17(15)21)16-7-3-5-13-8-10-18-12-14(13)16/h3,5,7-8,10,12,15,19H,2,4,6,9,11H2,1H3. The molecular formula is C17H21N3O. The molecule has 21 heavy (non-hydrogen) atoms. The monoisotopic (exact) mass is 283 g/mol. The number of pyridine rings is 1. The van der Waals surface area contributed by atoms with Gasteiger partial charge in [0.2, 0.25) is 5.91 Å². The molecule has 4 nitrogen and oxygen atoms in total. The largest absolute Gasteiger partial charge is 0.310 e. The Morgan fingerprint density at radius 2 is 2.29 bits per heavy atom. The number of carbonyl (C=O) groups is 1. The summed E-state index contributed by atoms with van der Waals surface area (Å²) < 4.78 is 0. The Balaban J connectivity index is 1.92. The van der Waals surface area contributed by atoms with Crippen molar-refractivity contribution in [1.29, 1.82) is 0 Å². The van der Waals surface area contributed by atoms with E-state index in [1.54, 1.807) is 6.20 Å². The van der Waals surface area contributed by atoms with Gasteiger partial charge in [-0.05, 0) is 43.3 Å². The Morgan fingerprint density at radius 1 is 1.38 bits per heavy atom. The van der Waals surface area contributed by atoms with E-state index >= 15 is 0 Å². The highest BCUT2D eigenvalue weighted by Gasteiger charge is 2.29. The van der Waals surface area contributed by atoms with Crippen LogP contribution in [0.1, 0.15) is 26.2 Å². The minimum atomic E-state index is -0.0503. The number of nitrogens with one attached hydrogen (secondary N) is 1. The van der Waals surface area contributed by atoms with Crippen LogP contribution in [-0.4, -0.2) is 30.0 Å². The second kappa shape index (κ2) is 6.22. The number of piperidine rings is 1. The zero-order valence-electron chi connectivity index (χ0n) is 12.4. The third kappa shape index (κ3) is 2.76. The number of anilines is 1. The summed E-state index contributed by atoms with van der Waals surface area (Å²) in [7, 11) is 0. The fourth-order valence-corrected chi connectivity index (χ4v) is 2.96. The van der Waals surface area contributed by atoms with Gasteiger partial charge in [-0.2, -0.15) is 0 Å². The minimum Gasteiger partial charge on any atom is -0.310 e. The van der Waals surface area contributed by atoms with E-state index in [0.29, 0.717) is 0 Å². The van der Waals surface area contributed by atoms with Crippen LogP contribution in [0.25, 0.3) is 10.8 Å². The van der Waals surface area contributed by atoms with Crippen molar-refractivity contribution in [2.24, 2.45) is 0 Å². The zero-order chi connectivity index (χ0) is 14.7. The lowest BCUT2D eigenvalue weighted by atomic mass is 10.0. The van der Waals surface area contributed by atoms with E-state index < -0.39 is 0 Å². The predicted molar refractivity (Wildman–Crippen MR) is 85.4 cm³/mol. The number of hydrogen-bond acceptors (Lipinski definition) is 3. The lowest BCUT2D eigenvalue weighted by molar-refractivity contribution is -0.121. The topological polar surface area (TPSA) is 45.2 Å². The van der Waals surface area contributed by atoms with Crippen molar-refractivity contribution >= 4 is 22.4 Å². The van der Waals surface area contributed by atoms with E-state index in [0.717, 1.165) is 48.8 Å². The van der Waals surface area contributed by atoms with Crippen LogP contribution in [0.3, 0.4) is 0 Å². The highest BCUT2D eigenvalue weighted by molar-refractivity contribution is 6.05. The van der Waals surface area contributed by atoms with Crippen molar-refractivity contribution in [3.05, 3.63) is 36.7 Å². The number of benzene rings is 1. The zero-order valence-corrected chi connectivity index (χ0v) is 12.4.